The van der Waals surface area contributed by atoms with Crippen molar-refractivity contribution >= 4 is 17.2 Å². The monoisotopic (exact) mass is 524 g/mol. The number of amides is 1. The second kappa shape index (κ2) is 9.46. The van der Waals surface area contributed by atoms with Crippen LogP contribution in [0.4, 0.5) is 26.3 Å². The van der Waals surface area contributed by atoms with Crippen molar-refractivity contribution in [2.75, 3.05) is 6.54 Å². The third kappa shape index (κ3) is 5.16. The molecule has 2 aromatic heterocycles. The Hall–Kier alpha value is -3.59. The smallest absolute Gasteiger partial charge is 0.333 e. The number of carbonyl (C=O) groups is 1. The minimum absolute atomic E-state index is 0.0110. The largest absolute Gasteiger partial charge is 0.435 e. The van der Waals surface area contributed by atoms with Crippen LogP contribution in [0.2, 0.25) is 0 Å². The molecule has 0 saturated carbocycles. The maximum absolute atomic E-state index is 13.8. The third-order valence-corrected chi connectivity index (χ3v) is 6.81. The molecule has 1 atom stereocenters. The van der Waals surface area contributed by atoms with E-state index in [1.165, 1.54) is 21.8 Å². The maximum Gasteiger partial charge on any atom is 0.435 e. The maximum atomic E-state index is 13.8. The lowest BCUT2D eigenvalue weighted by Gasteiger charge is -2.33. The van der Waals surface area contributed by atoms with Crippen molar-refractivity contribution in [2.24, 2.45) is 0 Å². The Labute approximate surface area is 205 Å². The molecule has 0 N–H and O–H groups in total. The number of allylic oxidation sites excluding steroid dienone is 1. The number of benzene rings is 1. The van der Waals surface area contributed by atoms with Crippen molar-refractivity contribution in [3.63, 3.8) is 0 Å². The van der Waals surface area contributed by atoms with Crippen molar-refractivity contribution < 1.29 is 31.1 Å². The molecule has 0 saturated heterocycles. The van der Waals surface area contributed by atoms with E-state index in [2.05, 4.69) is 5.10 Å². The number of carbonyl (C=O) groups excluding carboxylic acids is 1. The van der Waals surface area contributed by atoms with Gasteiger partial charge in [0, 0.05) is 47.8 Å². The number of alkyl halides is 6. The van der Waals surface area contributed by atoms with Crippen LogP contribution in [-0.2, 0) is 24.1 Å². The first kappa shape index (κ1) is 25.5. The molecule has 12 heteroatoms. The molecule has 4 rings (SSSR count). The molecular formula is C24H18F6N4OS. The number of hydrogen-bond donors (Lipinski definition) is 0. The Morgan fingerprint density at radius 1 is 1.19 bits per heavy atom. The molecule has 0 bridgehead atoms. The summed E-state index contributed by atoms with van der Waals surface area (Å²) in [5, 5.41) is 13.1. The highest BCUT2D eigenvalue weighted by atomic mass is 32.1. The number of halogens is 6. The number of aryl methyl sites for hydroxylation is 1. The van der Waals surface area contributed by atoms with Gasteiger partial charge in [0.05, 0.1) is 6.54 Å². The first-order valence-corrected chi connectivity index (χ1v) is 11.5. The zero-order valence-corrected chi connectivity index (χ0v) is 19.5. The molecule has 1 aromatic carbocycles. The number of aromatic nitrogens is 2. The van der Waals surface area contributed by atoms with E-state index < -0.39 is 29.9 Å². The third-order valence-electron chi connectivity index (χ3n) is 5.77. The van der Waals surface area contributed by atoms with Crippen LogP contribution in [0.5, 0.6) is 0 Å². The fraction of sp³-hybridized carbons (Fsp3) is 0.292. The van der Waals surface area contributed by atoms with Crippen LogP contribution in [0, 0.1) is 11.3 Å². The summed E-state index contributed by atoms with van der Waals surface area (Å²) < 4.78 is 80.6. The van der Waals surface area contributed by atoms with E-state index in [-0.39, 0.29) is 36.8 Å². The van der Waals surface area contributed by atoms with Gasteiger partial charge in [-0.25, -0.2) is 0 Å². The summed E-state index contributed by atoms with van der Waals surface area (Å²) in [5.74, 6) is -1.56. The normalized spacial score (nSPS) is 16.3. The van der Waals surface area contributed by atoms with Gasteiger partial charge >= 0.3 is 12.4 Å². The SMILES string of the molecule is CCn1cc(-c2ccccc2C2CN(C(=O)/C=C/C(F)(F)F)Cc3sc(C#N)cc32)c(C(F)(F)F)n1. The highest BCUT2D eigenvalue weighted by Gasteiger charge is 2.39. The molecule has 36 heavy (non-hydrogen) atoms. The van der Waals surface area contributed by atoms with Gasteiger partial charge in [-0.05, 0) is 29.7 Å². The Morgan fingerprint density at radius 2 is 1.92 bits per heavy atom. The Bertz CT molecular complexity index is 1360. The summed E-state index contributed by atoms with van der Waals surface area (Å²) in [6.07, 6.45) is -7.82. The summed E-state index contributed by atoms with van der Waals surface area (Å²) in [4.78, 5) is 14.7. The first-order chi connectivity index (χ1) is 16.9. The van der Waals surface area contributed by atoms with E-state index in [1.807, 2.05) is 6.07 Å². The molecule has 0 radical (unpaired) electrons. The van der Waals surface area contributed by atoms with E-state index in [4.69, 9.17) is 0 Å². The summed E-state index contributed by atoms with van der Waals surface area (Å²) in [7, 11) is 0. The minimum atomic E-state index is -4.72. The lowest BCUT2D eigenvalue weighted by atomic mass is 9.83. The number of hydrogen-bond acceptors (Lipinski definition) is 4. The molecule has 5 nitrogen and oxygen atoms in total. The quantitative estimate of drug-likeness (QED) is 0.306. The topological polar surface area (TPSA) is 61.9 Å². The Balaban J connectivity index is 1.84. The fourth-order valence-corrected chi connectivity index (χ4v) is 5.25. The zero-order chi connectivity index (χ0) is 26.3. The minimum Gasteiger partial charge on any atom is -0.333 e. The summed E-state index contributed by atoms with van der Waals surface area (Å²) >= 11 is 1.10. The molecule has 0 fully saturated rings. The number of nitriles is 1. The van der Waals surface area contributed by atoms with Crippen LogP contribution in [-0.4, -0.2) is 33.3 Å². The second-order valence-corrected chi connectivity index (χ2v) is 9.22. The lowest BCUT2D eigenvalue weighted by Crippen LogP contribution is -2.37. The number of nitrogens with zero attached hydrogens (tertiary/aromatic N) is 4. The Morgan fingerprint density at radius 3 is 2.56 bits per heavy atom. The molecule has 1 amide bonds. The lowest BCUT2D eigenvalue weighted by molar-refractivity contribution is -0.141. The summed E-state index contributed by atoms with van der Waals surface area (Å²) in [5.41, 5.74) is 0.142. The van der Waals surface area contributed by atoms with Gasteiger partial charge < -0.3 is 4.90 Å². The summed E-state index contributed by atoms with van der Waals surface area (Å²) in [6.45, 7) is 1.78. The average molecular weight is 524 g/mol. The van der Waals surface area contributed by atoms with E-state index in [9.17, 15) is 36.4 Å². The van der Waals surface area contributed by atoms with E-state index in [1.54, 1.807) is 31.2 Å². The average Bonchev–Trinajstić information content (AvgIpc) is 3.45. The van der Waals surface area contributed by atoms with Gasteiger partial charge in [-0.2, -0.15) is 36.7 Å². The Kier molecular flexibility index (Phi) is 6.70. The van der Waals surface area contributed by atoms with Crippen molar-refractivity contribution in [3.05, 3.63) is 75.3 Å². The highest BCUT2D eigenvalue weighted by molar-refractivity contribution is 7.12. The molecule has 3 heterocycles. The van der Waals surface area contributed by atoms with E-state index in [0.717, 1.165) is 11.3 Å². The van der Waals surface area contributed by atoms with Crippen LogP contribution in [0.1, 0.15) is 39.4 Å². The number of rotatable bonds is 4. The van der Waals surface area contributed by atoms with Gasteiger partial charge in [-0.1, -0.05) is 24.3 Å². The predicted octanol–water partition coefficient (Wildman–Crippen LogP) is 6.11. The molecule has 188 valence electrons. The van der Waals surface area contributed by atoms with Gasteiger partial charge in [-0.3, -0.25) is 9.48 Å². The number of thiophene rings is 1. The fourth-order valence-electron chi connectivity index (χ4n) is 4.21. The number of fused-ring (bicyclic) bond motifs is 1. The van der Waals surface area contributed by atoms with Crippen molar-refractivity contribution in [3.8, 4) is 17.2 Å². The molecule has 1 aliphatic rings. The molecule has 3 aromatic rings. The van der Waals surface area contributed by atoms with Gasteiger partial charge in [-0.15, -0.1) is 11.3 Å². The standard InChI is InChI=1S/C24H18F6N4OS/c1-2-34-12-19(22(32-34)24(28,29)30)16-6-4-3-5-15(16)18-11-33(21(35)7-8-23(25,26)27)13-20-17(18)9-14(10-31)36-20/h3-9,12,18H,2,11,13H2,1H3/b8-7+. The van der Waals surface area contributed by atoms with Crippen LogP contribution >= 0.6 is 11.3 Å². The zero-order valence-electron chi connectivity index (χ0n) is 18.7. The van der Waals surface area contributed by atoms with Gasteiger partial charge in [0.15, 0.2) is 5.69 Å². The molecule has 0 spiro atoms. The molecule has 1 unspecified atom stereocenters. The van der Waals surface area contributed by atoms with Crippen LogP contribution in [0.3, 0.4) is 0 Å². The van der Waals surface area contributed by atoms with E-state index >= 15 is 0 Å². The van der Waals surface area contributed by atoms with Crippen LogP contribution in [0.25, 0.3) is 11.1 Å². The van der Waals surface area contributed by atoms with Gasteiger partial charge in [0.1, 0.15) is 10.9 Å². The predicted molar refractivity (Wildman–Crippen MR) is 120 cm³/mol. The second-order valence-electron chi connectivity index (χ2n) is 8.08. The molecule has 0 aliphatic carbocycles. The van der Waals surface area contributed by atoms with Crippen LogP contribution < -0.4 is 0 Å². The van der Waals surface area contributed by atoms with Crippen molar-refractivity contribution in [1.29, 1.82) is 5.26 Å². The molecule has 1 aliphatic heterocycles. The molecular weight excluding hydrogens is 506 g/mol. The van der Waals surface area contributed by atoms with E-state index in [0.29, 0.717) is 27.0 Å². The van der Waals surface area contributed by atoms with Crippen LogP contribution in [0.15, 0.2) is 48.7 Å². The van der Waals surface area contributed by atoms with Gasteiger partial charge in [0.25, 0.3) is 0 Å². The summed E-state index contributed by atoms with van der Waals surface area (Å²) in [6, 6.07) is 10.00. The van der Waals surface area contributed by atoms with Crippen molar-refractivity contribution in [2.45, 2.75) is 38.3 Å². The van der Waals surface area contributed by atoms with Gasteiger partial charge in [0.2, 0.25) is 5.91 Å². The van der Waals surface area contributed by atoms with Crippen molar-refractivity contribution in [1.82, 2.24) is 14.7 Å². The highest BCUT2D eigenvalue weighted by Crippen LogP contribution is 2.44. The first-order valence-electron chi connectivity index (χ1n) is 10.7.